The smallest absolute Gasteiger partial charge is 0.262 e. The largest absolute Gasteiger partial charge is 0.339 e. The zero-order valence-corrected chi connectivity index (χ0v) is 15.0. The van der Waals surface area contributed by atoms with E-state index in [4.69, 9.17) is 0 Å². The van der Waals surface area contributed by atoms with Gasteiger partial charge in [0.2, 0.25) is 5.91 Å². The molecule has 0 unspecified atom stereocenters. The summed E-state index contributed by atoms with van der Waals surface area (Å²) in [6.45, 7) is 5.42. The summed E-state index contributed by atoms with van der Waals surface area (Å²) in [7, 11) is 0. The maximum Gasteiger partial charge on any atom is 0.262 e. The number of benzene rings is 1. The topological polar surface area (TPSA) is 55.2 Å². The number of carbonyl (C=O) groups is 1. The molecule has 6 heteroatoms. The van der Waals surface area contributed by atoms with Gasteiger partial charge in [-0.15, -0.1) is 0 Å². The third kappa shape index (κ3) is 3.34. The minimum absolute atomic E-state index is 0.0376. The normalized spacial score (nSPS) is 18.1. The Morgan fingerprint density at radius 1 is 1.33 bits per heavy atom. The fraction of sp³-hybridized carbons (Fsp3) is 0.500. The number of para-hydroxylation sites is 1. The van der Waals surface area contributed by atoms with E-state index in [1.807, 2.05) is 30.0 Å². The van der Waals surface area contributed by atoms with Crippen LogP contribution >= 0.6 is 11.8 Å². The van der Waals surface area contributed by atoms with Gasteiger partial charge in [-0.1, -0.05) is 23.9 Å². The van der Waals surface area contributed by atoms with E-state index in [1.165, 1.54) is 18.2 Å². The van der Waals surface area contributed by atoms with E-state index in [1.54, 1.807) is 10.6 Å². The van der Waals surface area contributed by atoms with Crippen LogP contribution in [0.1, 0.15) is 33.1 Å². The van der Waals surface area contributed by atoms with E-state index in [0.29, 0.717) is 34.4 Å². The van der Waals surface area contributed by atoms with Crippen molar-refractivity contribution >= 4 is 28.6 Å². The van der Waals surface area contributed by atoms with E-state index >= 15 is 0 Å². The van der Waals surface area contributed by atoms with Gasteiger partial charge >= 0.3 is 0 Å². The Bertz CT molecular complexity index is 802. The highest BCUT2D eigenvalue weighted by Gasteiger charge is 2.23. The standard InChI is InChI=1S/C18H23N3O2S/c1-3-20-17(23)14-9-4-5-10-15(14)19-18(20)24-12-16(22)21-11-7-6-8-13(21)2/h4-5,9-10,13H,3,6-8,11-12H2,1-2H3/t13-/m1/s1. The average Bonchev–Trinajstić information content (AvgIpc) is 2.60. The molecule has 0 bridgehead atoms. The summed E-state index contributed by atoms with van der Waals surface area (Å²) in [5.41, 5.74) is 0.651. The fourth-order valence-corrected chi connectivity index (χ4v) is 4.16. The van der Waals surface area contributed by atoms with Crippen molar-refractivity contribution in [3.8, 4) is 0 Å². The molecule has 0 aliphatic carbocycles. The van der Waals surface area contributed by atoms with Crippen molar-refractivity contribution in [2.24, 2.45) is 0 Å². The van der Waals surface area contributed by atoms with Crippen molar-refractivity contribution in [1.82, 2.24) is 14.5 Å². The number of thioether (sulfide) groups is 1. The number of aromatic nitrogens is 2. The Labute approximate surface area is 146 Å². The van der Waals surface area contributed by atoms with Crippen molar-refractivity contribution in [3.63, 3.8) is 0 Å². The first-order valence-electron chi connectivity index (χ1n) is 8.53. The second-order valence-corrected chi connectivity index (χ2v) is 7.12. The highest BCUT2D eigenvalue weighted by atomic mass is 32.2. The molecule has 2 aromatic rings. The first kappa shape index (κ1) is 17.0. The van der Waals surface area contributed by atoms with Gasteiger partial charge in [0.25, 0.3) is 5.56 Å². The molecule has 24 heavy (non-hydrogen) atoms. The van der Waals surface area contributed by atoms with Gasteiger partial charge in [0.15, 0.2) is 5.16 Å². The van der Waals surface area contributed by atoms with Crippen molar-refractivity contribution in [2.45, 2.75) is 50.9 Å². The molecular weight excluding hydrogens is 322 g/mol. The van der Waals surface area contributed by atoms with Crippen LogP contribution in [0.25, 0.3) is 10.9 Å². The molecule has 0 saturated carbocycles. The first-order chi connectivity index (χ1) is 11.6. The molecule has 1 aromatic heterocycles. The molecule has 1 atom stereocenters. The lowest BCUT2D eigenvalue weighted by Crippen LogP contribution is -2.43. The quantitative estimate of drug-likeness (QED) is 0.631. The molecule has 0 N–H and O–H groups in total. The van der Waals surface area contributed by atoms with Crippen LogP contribution in [0.2, 0.25) is 0 Å². The van der Waals surface area contributed by atoms with Crippen LogP contribution in [0.4, 0.5) is 0 Å². The van der Waals surface area contributed by atoms with Gasteiger partial charge in [0.1, 0.15) is 0 Å². The van der Waals surface area contributed by atoms with E-state index in [2.05, 4.69) is 11.9 Å². The van der Waals surface area contributed by atoms with Crippen molar-refractivity contribution in [3.05, 3.63) is 34.6 Å². The summed E-state index contributed by atoms with van der Waals surface area (Å²) in [5, 5.41) is 1.25. The molecule has 3 rings (SSSR count). The maximum atomic E-state index is 12.6. The predicted molar refractivity (Wildman–Crippen MR) is 97.4 cm³/mol. The minimum atomic E-state index is -0.0376. The van der Waals surface area contributed by atoms with Crippen LogP contribution < -0.4 is 5.56 Å². The van der Waals surface area contributed by atoms with Gasteiger partial charge in [-0.05, 0) is 45.2 Å². The summed E-state index contributed by atoms with van der Waals surface area (Å²) in [4.78, 5) is 31.7. The van der Waals surface area contributed by atoms with Gasteiger partial charge in [-0.25, -0.2) is 4.98 Å². The zero-order chi connectivity index (χ0) is 17.1. The number of hydrogen-bond acceptors (Lipinski definition) is 4. The Morgan fingerprint density at radius 3 is 2.88 bits per heavy atom. The van der Waals surface area contributed by atoms with Crippen LogP contribution in [0.3, 0.4) is 0 Å². The van der Waals surface area contributed by atoms with Gasteiger partial charge < -0.3 is 4.90 Å². The van der Waals surface area contributed by atoms with E-state index < -0.39 is 0 Å². The van der Waals surface area contributed by atoms with Crippen LogP contribution in [0.15, 0.2) is 34.2 Å². The predicted octanol–water partition coefficient (Wildman–Crippen LogP) is 2.91. The summed E-state index contributed by atoms with van der Waals surface area (Å²) >= 11 is 1.37. The monoisotopic (exact) mass is 345 g/mol. The van der Waals surface area contributed by atoms with E-state index in [0.717, 1.165) is 19.4 Å². The lowest BCUT2D eigenvalue weighted by molar-refractivity contribution is -0.131. The fourth-order valence-electron chi connectivity index (χ4n) is 3.21. The third-order valence-electron chi connectivity index (χ3n) is 4.59. The molecule has 0 spiro atoms. The van der Waals surface area contributed by atoms with Crippen molar-refractivity contribution in [2.75, 3.05) is 12.3 Å². The van der Waals surface area contributed by atoms with Crippen LogP contribution in [-0.4, -0.2) is 38.7 Å². The number of rotatable bonds is 4. The maximum absolute atomic E-state index is 12.6. The molecule has 0 radical (unpaired) electrons. The molecule has 1 amide bonds. The lowest BCUT2D eigenvalue weighted by Gasteiger charge is -2.33. The van der Waals surface area contributed by atoms with Gasteiger partial charge in [-0.2, -0.15) is 0 Å². The first-order valence-corrected chi connectivity index (χ1v) is 9.52. The second kappa shape index (κ2) is 7.38. The number of fused-ring (bicyclic) bond motifs is 1. The highest BCUT2D eigenvalue weighted by molar-refractivity contribution is 7.99. The average molecular weight is 345 g/mol. The van der Waals surface area contributed by atoms with Crippen molar-refractivity contribution in [1.29, 1.82) is 0 Å². The molecular formula is C18H23N3O2S. The summed E-state index contributed by atoms with van der Waals surface area (Å²) in [6.07, 6.45) is 3.35. The Hall–Kier alpha value is -1.82. The molecule has 2 heterocycles. The number of hydrogen-bond donors (Lipinski definition) is 0. The molecule has 1 aromatic carbocycles. The minimum Gasteiger partial charge on any atom is -0.339 e. The summed E-state index contributed by atoms with van der Waals surface area (Å²) in [6, 6.07) is 7.67. The molecule has 1 saturated heterocycles. The van der Waals surface area contributed by atoms with E-state index in [9.17, 15) is 9.59 Å². The molecule has 1 aliphatic heterocycles. The lowest BCUT2D eigenvalue weighted by atomic mass is 10.0. The van der Waals surface area contributed by atoms with Gasteiger partial charge in [0, 0.05) is 19.1 Å². The van der Waals surface area contributed by atoms with Gasteiger partial charge in [-0.3, -0.25) is 14.2 Å². The van der Waals surface area contributed by atoms with E-state index in [-0.39, 0.29) is 11.5 Å². The summed E-state index contributed by atoms with van der Waals surface area (Å²) < 4.78 is 1.65. The number of carbonyl (C=O) groups excluding carboxylic acids is 1. The highest BCUT2D eigenvalue weighted by Crippen LogP contribution is 2.21. The Kier molecular flexibility index (Phi) is 5.23. The molecule has 5 nitrogen and oxygen atoms in total. The Morgan fingerprint density at radius 2 is 2.12 bits per heavy atom. The Balaban J connectivity index is 1.82. The SMILES string of the molecule is CCn1c(SCC(=O)N2CCCC[C@H]2C)nc2ccccc2c1=O. The van der Waals surface area contributed by atoms with Crippen LogP contribution in [0.5, 0.6) is 0 Å². The second-order valence-electron chi connectivity index (χ2n) is 6.18. The van der Waals surface area contributed by atoms with Crippen LogP contribution in [0, 0.1) is 0 Å². The summed E-state index contributed by atoms with van der Waals surface area (Å²) in [5.74, 6) is 0.465. The third-order valence-corrected chi connectivity index (χ3v) is 5.55. The van der Waals surface area contributed by atoms with Crippen molar-refractivity contribution < 1.29 is 4.79 Å². The molecule has 1 aliphatic rings. The zero-order valence-electron chi connectivity index (χ0n) is 14.2. The van der Waals surface area contributed by atoms with Gasteiger partial charge in [0.05, 0.1) is 16.7 Å². The molecule has 1 fully saturated rings. The van der Waals surface area contributed by atoms with Crippen LogP contribution in [-0.2, 0) is 11.3 Å². The number of nitrogens with zero attached hydrogens (tertiary/aromatic N) is 3. The number of likely N-dealkylation sites (tertiary alicyclic amines) is 1. The number of amides is 1. The molecule has 128 valence electrons. The number of piperidine rings is 1.